The SMILES string of the molecule is CCCC(=O)N1CCC(COc2nc(N3CCN4C(=NNC4C(F)(F)F)C3)c3cc(CCC)sc3n2)C1. The molecule has 202 valence electrons. The lowest BCUT2D eigenvalue weighted by Gasteiger charge is -2.37. The summed E-state index contributed by atoms with van der Waals surface area (Å²) in [6.07, 6.45) is -2.02. The highest BCUT2D eigenvalue weighted by Gasteiger charge is 2.49. The third-order valence-electron chi connectivity index (χ3n) is 6.96. The van der Waals surface area contributed by atoms with E-state index >= 15 is 0 Å². The number of ether oxygens (including phenoxy) is 1. The maximum Gasteiger partial charge on any atom is 0.428 e. The molecule has 2 fully saturated rings. The second-order valence-electron chi connectivity index (χ2n) is 9.78. The van der Waals surface area contributed by atoms with Gasteiger partial charge in [-0.2, -0.15) is 28.2 Å². The lowest BCUT2D eigenvalue weighted by atomic mass is 10.1. The first-order valence-electron chi connectivity index (χ1n) is 12.9. The molecule has 0 bridgehead atoms. The summed E-state index contributed by atoms with van der Waals surface area (Å²) in [5.74, 6) is 1.39. The second kappa shape index (κ2) is 10.5. The minimum atomic E-state index is -4.41. The largest absolute Gasteiger partial charge is 0.463 e. The number of hydrazone groups is 1. The Bertz CT molecular complexity index is 1170. The number of hydrogen-bond donors (Lipinski definition) is 1. The Hall–Kier alpha value is -2.83. The van der Waals surface area contributed by atoms with Gasteiger partial charge in [0.05, 0.1) is 18.5 Å². The highest BCUT2D eigenvalue weighted by molar-refractivity contribution is 7.18. The van der Waals surface area contributed by atoms with Crippen LogP contribution in [-0.2, 0) is 11.2 Å². The van der Waals surface area contributed by atoms with Gasteiger partial charge in [-0.25, -0.2) is 0 Å². The number of piperazine rings is 1. The van der Waals surface area contributed by atoms with Crippen LogP contribution in [0.4, 0.5) is 19.0 Å². The molecule has 9 nitrogen and oxygen atoms in total. The third kappa shape index (κ3) is 5.41. The fraction of sp³-hybridized carbons (Fsp3) is 0.667. The highest BCUT2D eigenvalue weighted by atomic mass is 32.1. The summed E-state index contributed by atoms with van der Waals surface area (Å²) in [4.78, 5) is 28.7. The number of anilines is 1. The van der Waals surface area contributed by atoms with Crippen LogP contribution < -0.4 is 15.1 Å². The number of aromatic nitrogens is 2. The van der Waals surface area contributed by atoms with Gasteiger partial charge >= 0.3 is 12.2 Å². The maximum absolute atomic E-state index is 13.4. The summed E-state index contributed by atoms with van der Waals surface area (Å²) in [6, 6.07) is 2.34. The van der Waals surface area contributed by atoms with Crippen molar-refractivity contribution in [2.75, 3.05) is 44.2 Å². The van der Waals surface area contributed by atoms with Crippen LogP contribution in [0.2, 0.25) is 0 Å². The van der Waals surface area contributed by atoms with Gasteiger partial charge in [0.25, 0.3) is 0 Å². The Kier molecular flexibility index (Phi) is 7.32. The Morgan fingerprint density at radius 1 is 1.22 bits per heavy atom. The van der Waals surface area contributed by atoms with Crippen LogP contribution in [0.5, 0.6) is 6.01 Å². The van der Waals surface area contributed by atoms with Crippen molar-refractivity contribution < 1.29 is 22.7 Å². The molecule has 0 aliphatic carbocycles. The molecule has 0 spiro atoms. The number of likely N-dealkylation sites (tertiary alicyclic amines) is 1. The summed E-state index contributed by atoms with van der Waals surface area (Å²) in [5.41, 5.74) is 2.23. The number of fused-ring (bicyclic) bond motifs is 2. The third-order valence-corrected chi connectivity index (χ3v) is 8.05. The van der Waals surface area contributed by atoms with Crippen molar-refractivity contribution in [3.63, 3.8) is 0 Å². The highest BCUT2D eigenvalue weighted by Crippen LogP contribution is 2.35. The van der Waals surface area contributed by atoms with E-state index in [-0.39, 0.29) is 30.9 Å². The molecule has 2 atom stereocenters. The Morgan fingerprint density at radius 3 is 2.81 bits per heavy atom. The predicted octanol–water partition coefficient (Wildman–Crippen LogP) is 3.60. The molecule has 5 heterocycles. The number of amidine groups is 1. The number of amides is 1. The standard InChI is InChI=1S/C24H32F3N7O2S/c1-3-5-16-11-17-20(33-9-10-34-18(13-33)30-31-22(34)24(25,26)27)28-23(29-21(17)37-16)36-14-15-7-8-32(12-15)19(35)6-4-2/h11,15,22,31H,3-10,12-14H2,1-2H3. The van der Waals surface area contributed by atoms with Crippen LogP contribution in [0.3, 0.4) is 0 Å². The van der Waals surface area contributed by atoms with Gasteiger partial charge in [0, 0.05) is 43.4 Å². The van der Waals surface area contributed by atoms with E-state index in [1.54, 1.807) is 11.3 Å². The fourth-order valence-corrected chi connectivity index (χ4v) is 6.20. The Balaban J connectivity index is 1.34. The first-order valence-corrected chi connectivity index (χ1v) is 13.7. The van der Waals surface area contributed by atoms with Gasteiger partial charge in [-0.3, -0.25) is 10.2 Å². The molecule has 0 saturated carbocycles. The van der Waals surface area contributed by atoms with Gasteiger partial charge in [0.1, 0.15) is 16.5 Å². The van der Waals surface area contributed by atoms with E-state index in [4.69, 9.17) is 9.72 Å². The first-order chi connectivity index (χ1) is 17.8. The quantitative estimate of drug-likeness (QED) is 0.549. The number of hydrogen-bond acceptors (Lipinski definition) is 9. The van der Waals surface area contributed by atoms with Gasteiger partial charge < -0.3 is 19.4 Å². The summed E-state index contributed by atoms with van der Waals surface area (Å²) >= 11 is 1.59. The van der Waals surface area contributed by atoms with Crippen molar-refractivity contribution in [3.8, 4) is 6.01 Å². The van der Waals surface area contributed by atoms with Crippen LogP contribution >= 0.6 is 11.3 Å². The monoisotopic (exact) mass is 539 g/mol. The van der Waals surface area contributed by atoms with E-state index in [1.807, 2.05) is 16.7 Å². The fourth-order valence-electron chi connectivity index (χ4n) is 5.08. The number of aryl methyl sites for hydroxylation is 1. The second-order valence-corrected chi connectivity index (χ2v) is 10.9. The Morgan fingerprint density at radius 2 is 2.05 bits per heavy atom. The van der Waals surface area contributed by atoms with Gasteiger partial charge in [-0.05, 0) is 25.3 Å². The van der Waals surface area contributed by atoms with Crippen molar-refractivity contribution >= 4 is 39.1 Å². The molecule has 2 aromatic rings. The summed E-state index contributed by atoms with van der Waals surface area (Å²) in [5, 5.41) is 4.85. The number of rotatable bonds is 8. The molecular formula is C24H32F3N7O2S. The van der Waals surface area contributed by atoms with Crippen molar-refractivity contribution in [3.05, 3.63) is 10.9 Å². The van der Waals surface area contributed by atoms with Crippen LogP contribution in [0, 0.1) is 5.92 Å². The number of halogens is 3. The molecule has 1 amide bonds. The average molecular weight is 540 g/mol. The van der Waals surface area contributed by atoms with E-state index in [0.717, 1.165) is 42.4 Å². The molecule has 5 rings (SSSR count). The van der Waals surface area contributed by atoms with Crippen LogP contribution in [-0.4, -0.2) is 83.2 Å². The van der Waals surface area contributed by atoms with E-state index < -0.39 is 12.3 Å². The molecule has 2 saturated heterocycles. The Labute approximate surface area is 217 Å². The first kappa shape index (κ1) is 25.8. The average Bonchev–Trinajstić information content (AvgIpc) is 3.59. The lowest BCUT2D eigenvalue weighted by Crippen LogP contribution is -2.57. The summed E-state index contributed by atoms with van der Waals surface area (Å²) in [6.45, 7) is 6.68. The zero-order valence-electron chi connectivity index (χ0n) is 21.1. The summed E-state index contributed by atoms with van der Waals surface area (Å²) < 4.78 is 46.1. The van der Waals surface area contributed by atoms with Crippen molar-refractivity contribution in [1.82, 2.24) is 25.2 Å². The zero-order valence-corrected chi connectivity index (χ0v) is 21.9. The van der Waals surface area contributed by atoms with E-state index in [1.165, 1.54) is 9.78 Å². The van der Waals surface area contributed by atoms with Crippen molar-refractivity contribution in [2.24, 2.45) is 11.0 Å². The van der Waals surface area contributed by atoms with Gasteiger partial charge in [0.15, 0.2) is 0 Å². The smallest absolute Gasteiger partial charge is 0.428 e. The maximum atomic E-state index is 13.4. The van der Waals surface area contributed by atoms with E-state index in [9.17, 15) is 18.0 Å². The van der Waals surface area contributed by atoms with Gasteiger partial charge in [-0.1, -0.05) is 20.3 Å². The molecule has 0 aromatic carbocycles. The lowest BCUT2D eigenvalue weighted by molar-refractivity contribution is -0.178. The van der Waals surface area contributed by atoms with Gasteiger partial charge in [-0.15, -0.1) is 11.3 Å². The molecular weight excluding hydrogens is 507 g/mol. The molecule has 3 aliphatic rings. The molecule has 37 heavy (non-hydrogen) atoms. The molecule has 2 unspecified atom stereocenters. The number of thiophene rings is 1. The van der Waals surface area contributed by atoms with E-state index in [2.05, 4.69) is 28.5 Å². The molecule has 1 N–H and O–H groups in total. The molecule has 0 radical (unpaired) electrons. The van der Waals surface area contributed by atoms with Crippen LogP contribution in [0.15, 0.2) is 11.2 Å². The van der Waals surface area contributed by atoms with E-state index in [0.29, 0.717) is 37.8 Å². The van der Waals surface area contributed by atoms with Crippen LogP contribution in [0.25, 0.3) is 10.2 Å². The molecule has 3 aliphatic heterocycles. The number of carbonyl (C=O) groups excluding carboxylic acids is 1. The number of nitrogens with zero attached hydrogens (tertiary/aromatic N) is 6. The van der Waals surface area contributed by atoms with Crippen molar-refractivity contribution in [2.45, 2.75) is 58.3 Å². The zero-order chi connectivity index (χ0) is 26.2. The molecule has 13 heteroatoms. The summed E-state index contributed by atoms with van der Waals surface area (Å²) in [7, 11) is 0. The number of alkyl halides is 3. The minimum absolute atomic E-state index is 0.174. The van der Waals surface area contributed by atoms with Gasteiger partial charge in [0.2, 0.25) is 12.1 Å². The molecule has 2 aromatic heterocycles. The van der Waals surface area contributed by atoms with Crippen LogP contribution in [0.1, 0.15) is 44.4 Å². The van der Waals surface area contributed by atoms with Crippen molar-refractivity contribution in [1.29, 1.82) is 0 Å². The normalized spacial score (nSPS) is 21.9. The topological polar surface area (TPSA) is 86.2 Å². The minimum Gasteiger partial charge on any atom is -0.463 e. The number of nitrogens with one attached hydrogen (secondary N) is 1. The number of carbonyl (C=O) groups is 1. The predicted molar refractivity (Wildman–Crippen MR) is 136 cm³/mol.